The lowest BCUT2D eigenvalue weighted by atomic mass is 9.92. The third-order valence-electron chi connectivity index (χ3n) is 1.99. The average molecular weight is 228 g/mol. The Hall–Kier alpha value is -0.230. The van der Waals surface area contributed by atoms with Crippen LogP contribution in [0.4, 0.5) is 13.2 Å². The van der Waals surface area contributed by atoms with E-state index in [1.807, 2.05) is 0 Å². The lowest BCUT2D eigenvalue weighted by Crippen LogP contribution is -2.44. The van der Waals surface area contributed by atoms with Crippen LogP contribution in [0.25, 0.3) is 0 Å². The van der Waals surface area contributed by atoms with Gasteiger partial charge in [-0.3, -0.25) is 0 Å². The Morgan fingerprint density at radius 3 is 2.50 bits per heavy atom. The minimum atomic E-state index is -4.46. The Balaban J connectivity index is 2.76. The van der Waals surface area contributed by atoms with Gasteiger partial charge >= 0.3 is 6.18 Å². The molecule has 0 aromatic carbocycles. The molecule has 0 saturated carbocycles. The summed E-state index contributed by atoms with van der Waals surface area (Å²) in [5, 5.41) is 0. The first-order valence-corrected chi connectivity index (χ1v) is 4.87. The van der Waals surface area contributed by atoms with Crippen molar-refractivity contribution in [2.75, 3.05) is 0 Å². The molecule has 2 nitrogen and oxygen atoms in total. The van der Waals surface area contributed by atoms with Crippen molar-refractivity contribution in [1.29, 1.82) is 0 Å². The first kappa shape index (κ1) is 11.8. The molecule has 1 rings (SSSR count). The number of alkyl halides is 3. The number of aldehydes is 1. The van der Waals surface area contributed by atoms with Crippen molar-refractivity contribution in [1.82, 2.24) is 0 Å². The van der Waals surface area contributed by atoms with Crippen molar-refractivity contribution in [3.8, 4) is 0 Å². The van der Waals surface area contributed by atoms with Gasteiger partial charge < -0.3 is 8.98 Å². The van der Waals surface area contributed by atoms with Gasteiger partial charge in [-0.05, 0) is 32.3 Å². The van der Waals surface area contributed by atoms with Crippen LogP contribution in [-0.4, -0.2) is 23.3 Å². The topological polar surface area (TPSA) is 26.3 Å². The maximum Gasteiger partial charge on any atom is 0.416 e. The summed E-state index contributed by atoms with van der Waals surface area (Å²) >= 11 is 0.796. The molecule has 2 atom stereocenters. The lowest BCUT2D eigenvalue weighted by Gasteiger charge is -2.37. The van der Waals surface area contributed by atoms with Crippen LogP contribution in [-0.2, 0) is 8.98 Å². The third-order valence-corrected chi connectivity index (χ3v) is 2.91. The zero-order valence-corrected chi connectivity index (χ0v) is 8.61. The first-order valence-electron chi connectivity index (χ1n) is 4.13. The molecule has 0 aromatic rings. The maximum atomic E-state index is 12.3. The molecule has 6 heteroatoms. The summed E-state index contributed by atoms with van der Waals surface area (Å²) in [6.45, 7) is 3.50. The molecule has 0 amide bonds. The van der Waals surface area contributed by atoms with Gasteiger partial charge in [0.15, 0.2) is 6.10 Å². The van der Waals surface area contributed by atoms with Crippen LogP contribution in [0.1, 0.15) is 20.3 Å². The van der Waals surface area contributed by atoms with E-state index in [-0.39, 0.29) is 6.42 Å². The molecular weight excluding hydrogens is 217 g/mol. The molecule has 2 unspecified atom stereocenters. The fraction of sp³-hybridized carbons (Fsp3) is 0.875. The van der Waals surface area contributed by atoms with E-state index in [2.05, 4.69) is 4.18 Å². The second kappa shape index (κ2) is 3.73. The Bertz CT molecular complexity index is 227. The van der Waals surface area contributed by atoms with E-state index in [0.29, 0.717) is 6.29 Å². The standard InChI is InChI=1S/C8H11F3O2S/c1-7(2)3-5(4-12)6(13-14-7)8(9,10)11/h4-6H,3H2,1-2H3. The highest BCUT2D eigenvalue weighted by Gasteiger charge is 2.51. The summed E-state index contributed by atoms with van der Waals surface area (Å²) in [5.41, 5.74) is 0. The molecule has 14 heavy (non-hydrogen) atoms. The molecule has 0 aromatic heterocycles. The SMILES string of the molecule is CC1(C)CC(C=O)C(C(F)(F)F)OS1. The van der Waals surface area contributed by atoms with Crippen molar-refractivity contribution >= 4 is 18.3 Å². The number of carbonyl (C=O) groups excluding carboxylic acids is 1. The number of rotatable bonds is 1. The number of halogens is 3. The number of carbonyl (C=O) groups is 1. The van der Waals surface area contributed by atoms with Gasteiger partial charge in [0.2, 0.25) is 0 Å². The monoisotopic (exact) mass is 228 g/mol. The van der Waals surface area contributed by atoms with Crippen molar-refractivity contribution in [3.05, 3.63) is 0 Å². The van der Waals surface area contributed by atoms with Crippen LogP contribution in [0.2, 0.25) is 0 Å². The molecule has 1 aliphatic rings. The molecule has 0 spiro atoms. The Morgan fingerprint density at radius 2 is 2.07 bits per heavy atom. The molecule has 0 aliphatic carbocycles. The lowest BCUT2D eigenvalue weighted by molar-refractivity contribution is -0.208. The molecule has 1 aliphatic heterocycles. The van der Waals surface area contributed by atoms with Crippen molar-refractivity contribution in [3.63, 3.8) is 0 Å². The van der Waals surface area contributed by atoms with Gasteiger partial charge in [-0.2, -0.15) is 13.2 Å². The van der Waals surface area contributed by atoms with Crippen LogP contribution in [0.3, 0.4) is 0 Å². The predicted octanol–water partition coefficient (Wildman–Crippen LogP) is 2.58. The van der Waals surface area contributed by atoms with Gasteiger partial charge in [-0.25, -0.2) is 0 Å². The van der Waals surface area contributed by atoms with Crippen LogP contribution in [0, 0.1) is 5.92 Å². The molecule has 1 saturated heterocycles. The van der Waals surface area contributed by atoms with Crippen molar-refractivity contribution in [2.24, 2.45) is 5.92 Å². The van der Waals surface area contributed by atoms with E-state index in [4.69, 9.17) is 0 Å². The highest BCUT2D eigenvalue weighted by molar-refractivity contribution is 7.96. The van der Waals surface area contributed by atoms with Crippen LogP contribution in [0.15, 0.2) is 0 Å². The van der Waals surface area contributed by atoms with E-state index in [0.717, 1.165) is 12.0 Å². The molecule has 0 bridgehead atoms. The van der Waals surface area contributed by atoms with E-state index in [1.54, 1.807) is 13.8 Å². The van der Waals surface area contributed by atoms with Crippen LogP contribution >= 0.6 is 12.0 Å². The van der Waals surface area contributed by atoms with Gasteiger partial charge in [-0.15, -0.1) is 0 Å². The fourth-order valence-corrected chi connectivity index (χ4v) is 2.26. The van der Waals surface area contributed by atoms with Gasteiger partial charge in [0.1, 0.15) is 6.29 Å². The third kappa shape index (κ3) is 2.63. The quantitative estimate of drug-likeness (QED) is 0.509. The summed E-state index contributed by atoms with van der Waals surface area (Å²) in [4.78, 5) is 10.5. The minimum absolute atomic E-state index is 0.186. The highest BCUT2D eigenvalue weighted by Crippen LogP contribution is 2.44. The molecule has 0 radical (unpaired) electrons. The zero-order chi connectivity index (χ0) is 11.0. The summed E-state index contributed by atoms with van der Waals surface area (Å²) < 4.78 is 41.2. The highest BCUT2D eigenvalue weighted by atomic mass is 32.2. The molecule has 0 N–H and O–H groups in total. The summed E-state index contributed by atoms with van der Waals surface area (Å²) in [6, 6.07) is 0. The van der Waals surface area contributed by atoms with E-state index < -0.39 is 22.9 Å². The van der Waals surface area contributed by atoms with E-state index >= 15 is 0 Å². The maximum absolute atomic E-state index is 12.3. The summed E-state index contributed by atoms with van der Waals surface area (Å²) in [7, 11) is 0. The summed E-state index contributed by atoms with van der Waals surface area (Å²) in [6.07, 6.45) is -5.90. The largest absolute Gasteiger partial charge is 0.416 e. The smallest absolute Gasteiger partial charge is 0.303 e. The van der Waals surface area contributed by atoms with Crippen LogP contribution < -0.4 is 0 Å². The zero-order valence-electron chi connectivity index (χ0n) is 7.80. The van der Waals surface area contributed by atoms with E-state index in [1.165, 1.54) is 0 Å². The Labute approximate surface area is 84.4 Å². The normalized spacial score (nSPS) is 32.6. The predicted molar refractivity (Wildman–Crippen MR) is 46.8 cm³/mol. The molecular formula is C8H11F3O2S. The first-order chi connectivity index (χ1) is 6.26. The fourth-order valence-electron chi connectivity index (χ4n) is 1.38. The Kier molecular flexibility index (Phi) is 3.16. The molecule has 1 fully saturated rings. The van der Waals surface area contributed by atoms with E-state index in [9.17, 15) is 18.0 Å². The van der Waals surface area contributed by atoms with Crippen molar-refractivity contribution < 1.29 is 22.1 Å². The van der Waals surface area contributed by atoms with Gasteiger partial charge in [0.25, 0.3) is 0 Å². The second-order valence-electron chi connectivity index (χ2n) is 3.91. The number of hydrogen-bond donors (Lipinski definition) is 0. The van der Waals surface area contributed by atoms with Gasteiger partial charge in [-0.1, -0.05) is 0 Å². The van der Waals surface area contributed by atoms with Crippen LogP contribution in [0.5, 0.6) is 0 Å². The van der Waals surface area contributed by atoms with Gasteiger partial charge in [0, 0.05) is 4.75 Å². The molecule has 82 valence electrons. The second-order valence-corrected chi connectivity index (χ2v) is 5.37. The molecule has 1 heterocycles. The summed E-state index contributed by atoms with van der Waals surface area (Å²) in [5.74, 6) is -1.09. The van der Waals surface area contributed by atoms with Crippen molar-refractivity contribution in [2.45, 2.75) is 37.3 Å². The average Bonchev–Trinajstić information content (AvgIpc) is 2.00. The van der Waals surface area contributed by atoms with Gasteiger partial charge in [0.05, 0.1) is 5.92 Å². The number of hydrogen-bond acceptors (Lipinski definition) is 3. The Morgan fingerprint density at radius 1 is 1.50 bits per heavy atom. The minimum Gasteiger partial charge on any atom is -0.303 e.